The van der Waals surface area contributed by atoms with Crippen LogP contribution in [0.1, 0.15) is 39.0 Å². The van der Waals surface area contributed by atoms with E-state index in [2.05, 4.69) is 21.9 Å². The molecule has 0 aromatic heterocycles. The molecule has 0 aliphatic heterocycles. The monoisotopic (exact) mass is 307 g/mol. The van der Waals surface area contributed by atoms with Crippen molar-refractivity contribution in [1.29, 1.82) is 0 Å². The molecule has 0 aliphatic rings. The van der Waals surface area contributed by atoms with Crippen molar-refractivity contribution in [2.24, 2.45) is 26.4 Å². The molecule has 0 spiro atoms. The number of nitrogens with zero attached hydrogens (tertiary/aromatic N) is 3. The van der Waals surface area contributed by atoms with Gasteiger partial charge in [-0.25, -0.2) is 9.98 Å². The number of aliphatic imine (C=N–C) groups is 3. The molecule has 0 atom stereocenters. The molecule has 6 heteroatoms. The zero-order valence-electron chi connectivity index (χ0n) is 12.3. The van der Waals surface area contributed by atoms with E-state index in [1.54, 1.807) is 30.5 Å². The topological polar surface area (TPSA) is 89.1 Å². The standard InChI is InChI=1S/C15H22ClN5/c1-2-3-4-5-6-11-19-14(17)21-15(18)20-13-9-7-12(16)8-10-13/h7-11H,2-6H2,1H3,(H4,17,18,20,21)/b19-11+. The van der Waals surface area contributed by atoms with Gasteiger partial charge in [0, 0.05) is 11.2 Å². The molecule has 21 heavy (non-hydrogen) atoms. The van der Waals surface area contributed by atoms with Crippen molar-refractivity contribution in [3.8, 4) is 0 Å². The summed E-state index contributed by atoms with van der Waals surface area (Å²) in [5.74, 6) is 0.179. The molecule has 0 amide bonds. The molecule has 114 valence electrons. The predicted octanol–water partition coefficient (Wildman–Crippen LogP) is 3.64. The van der Waals surface area contributed by atoms with Crippen molar-refractivity contribution in [1.82, 2.24) is 0 Å². The molecule has 0 saturated heterocycles. The van der Waals surface area contributed by atoms with E-state index >= 15 is 0 Å². The van der Waals surface area contributed by atoms with Crippen molar-refractivity contribution in [2.75, 3.05) is 0 Å². The van der Waals surface area contributed by atoms with Crippen molar-refractivity contribution in [3.05, 3.63) is 29.3 Å². The fourth-order valence-electron chi connectivity index (χ4n) is 1.64. The molecule has 0 bridgehead atoms. The van der Waals surface area contributed by atoms with Crippen LogP contribution in [0.2, 0.25) is 5.02 Å². The maximum absolute atomic E-state index is 5.79. The number of halogens is 1. The fourth-order valence-corrected chi connectivity index (χ4v) is 1.77. The summed E-state index contributed by atoms with van der Waals surface area (Å²) >= 11 is 5.79. The Morgan fingerprint density at radius 2 is 1.81 bits per heavy atom. The number of benzene rings is 1. The Bertz CT molecular complexity index is 505. The van der Waals surface area contributed by atoms with Gasteiger partial charge in [0.2, 0.25) is 11.9 Å². The van der Waals surface area contributed by atoms with Crippen LogP contribution in [0.5, 0.6) is 0 Å². The first-order chi connectivity index (χ1) is 10.1. The number of unbranched alkanes of at least 4 members (excludes halogenated alkanes) is 4. The van der Waals surface area contributed by atoms with Gasteiger partial charge in [-0.05, 0) is 37.1 Å². The molecule has 0 radical (unpaired) electrons. The van der Waals surface area contributed by atoms with E-state index in [9.17, 15) is 0 Å². The van der Waals surface area contributed by atoms with Crippen molar-refractivity contribution in [3.63, 3.8) is 0 Å². The second-order valence-electron chi connectivity index (χ2n) is 4.58. The summed E-state index contributed by atoms with van der Waals surface area (Å²) in [6.07, 6.45) is 7.45. The largest absolute Gasteiger partial charge is 0.368 e. The lowest BCUT2D eigenvalue weighted by molar-refractivity contribution is 0.686. The van der Waals surface area contributed by atoms with E-state index in [4.69, 9.17) is 23.1 Å². The predicted molar refractivity (Wildman–Crippen MR) is 91.6 cm³/mol. The molecule has 5 nitrogen and oxygen atoms in total. The fraction of sp³-hybridized carbons (Fsp3) is 0.400. The van der Waals surface area contributed by atoms with Gasteiger partial charge in [-0.15, -0.1) is 0 Å². The number of rotatable bonds is 6. The SMILES string of the molecule is CCCCCC/C=N/C(N)=N/C(N)=Nc1ccc(Cl)cc1. The van der Waals surface area contributed by atoms with E-state index in [1.165, 1.54) is 19.3 Å². The van der Waals surface area contributed by atoms with E-state index < -0.39 is 0 Å². The van der Waals surface area contributed by atoms with Crippen LogP contribution in [0.3, 0.4) is 0 Å². The minimum Gasteiger partial charge on any atom is -0.368 e. The van der Waals surface area contributed by atoms with Crippen LogP contribution >= 0.6 is 11.6 Å². The summed E-state index contributed by atoms with van der Waals surface area (Å²) in [5, 5.41) is 0.642. The second kappa shape index (κ2) is 9.94. The van der Waals surface area contributed by atoms with Gasteiger partial charge in [-0.1, -0.05) is 37.8 Å². The highest BCUT2D eigenvalue weighted by molar-refractivity contribution is 6.30. The molecule has 1 rings (SSSR count). The van der Waals surface area contributed by atoms with Crippen LogP contribution in [-0.2, 0) is 0 Å². The molecular weight excluding hydrogens is 286 g/mol. The normalized spacial score (nSPS) is 13.0. The first-order valence-corrected chi connectivity index (χ1v) is 7.46. The molecular formula is C15H22ClN5. The molecule has 1 aromatic carbocycles. The maximum Gasteiger partial charge on any atom is 0.223 e. The van der Waals surface area contributed by atoms with Crippen LogP contribution in [0, 0.1) is 0 Å². The minimum atomic E-state index is 0.0676. The van der Waals surface area contributed by atoms with Crippen molar-refractivity contribution in [2.45, 2.75) is 39.0 Å². The Balaban J connectivity index is 2.48. The smallest absolute Gasteiger partial charge is 0.223 e. The summed E-state index contributed by atoms with van der Waals surface area (Å²) in [7, 11) is 0. The van der Waals surface area contributed by atoms with Gasteiger partial charge in [-0.3, -0.25) is 0 Å². The number of hydrogen-bond acceptors (Lipinski definition) is 1. The molecule has 0 aliphatic carbocycles. The average Bonchev–Trinajstić information content (AvgIpc) is 2.45. The Hall–Kier alpha value is -1.88. The lowest BCUT2D eigenvalue weighted by Crippen LogP contribution is -2.16. The Morgan fingerprint density at radius 3 is 2.48 bits per heavy atom. The van der Waals surface area contributed by atoms with Crippen LogP contribution in [0.25, 0.3) is 0 Å². The second-order valence-corrected chi connectivity index (χ2v) is 5.01. The van der Waals surface area contributed by atoms with E-state index in [-0.39, 0.29) is 11.9 Å². The minimum absolute atomic E-state index is 0.0676. The number of hydrogen-bond donors (Lipinski definition) is 2. The Kier molecular flexibility index (Phi) is 8.12. The first-order valence-electron chi connectivity index (χ1n) is 7.08. The van der Waals surface area contributed by atoms with Gasteiger partial charge in [0.15, 0.2) is 0 Å². The van der Waals surface area contributed by atoms with Crippen molar-refractivity contribution >= 4 is 35.4 Å². The highest BCUT2D eigenvalue weighted by atomic mass is 35.5. The van der Waals surface area contributed by atoms with E-state index in [0.717, 1.165) is 12.8 Å². The first kappa shape index (κ1) is 17.2. The van der Waals surface area contributed by atoms with E-state index in [1.807, 2.05) is 0 Å². The van der Waals surface area contributed by atoms with Crippen LogP contribution in [0.15, 0.2) is 39.2 Å². The van der Waals surface area contributed by atoms with Crippen molar-refractivity contribution < 1.29 is 0 Å². The highest BCUT2D eigenvalue weighted by Gasteiger charge is 1.94. The quantitative estimate of drug-likeness (QED) is 0.477. The molecule has 0 heterocycles. The molecule has 4 N–H and O–H groups in total. The zero-order chi connectivity index (χ0) is 15.5. The van der Waals surface area contributed by atoms with Crippen LogP contribution < -0.4 is 11.5 Å². The van der Waals surface area contributed by atoms with Crippen LogP contribution in [0.4, 0.5) is 5.69 Å². The van der Waals surface area contributed by atoms with Gasteiger partial charge < -0.3 is 11.5 Å². The molecule has 0 unspecified atom stereocenters. The average molecular weight is 308 g/mol. The third kappa shape index (κ3) is 8.09. The van der Waals surface area contributed by atoms with Gasteiger partial charge >= 0.3 is 0 Å². The van der Waals surface area contributed by atoms with E-state index in [0.29, 0.717) is 10.7 Å². The maximum atomic E-state index is 5.79. The summed E-state index contributed by atoms with van der Waals surface area (Å²) in [6.45, 7) is 2.18. The number of guanidine groups is 2. The molecule has 1 aromatic rings. The van der Waals surface area contributed by atoms with Gasteiger partial charge in [0.25, 0.3) is 0 Å². The van der Waals surface area contributed by atoms with Gasteiger partial charge in [0.05, 0.1) is 5.69 Å². The summed E-state index contributed by atoms with van der Waals surface area (Å²) < 4.78 is 0. The molecule has 0 fully saturated rings. The highest BCUT2D eigenvalue weighted by Crippen LogP contribution is 2.15. The summed E-state index contributed by atoms with van der Waals surface area (Å²) in [5.41, 5.74) is 12.0. The lowest BCUT2D eigenvalue weighted by Gasteiger charge is -1.97. The lowest BCUT2D eigenvalue weighted by atomic mass is 10.2. The van der Waals surface area contributed by atoms with Gasteiger partial charge in [-0.2, -0.15) is 4.99 Å². The Labute approximate surface area is 130 Å². The molecule has 0 saturated carbocycles. The van der Waals surface area contributed by atoms with Crippen LogP contribution in [-0.4, -0.2) is 18.1 Å². The third-order valence-electron chi connectivity index (χ3n) is 2.71. The Morgan fingerprint density at radius 1 is 1.10 bits per heavy atom. The zero-order valence-corrected chi connectivity index (χ0v) is 13.1. The summed E-state index contributed by atoms with van der Waals surface area (Å²) in [6, 6.07) is 6.96. The third-order valence-corrected chi connectivity index (χ3v) is 2.96. The number of nitrogens with two attached hydrogens (primary N) is 2. The van der Waals surface area contributed by atoms with Gasteiger partial charge in [0.1, 0.15) is 0 Å². The summed E-state index contributed by atoms with van der Waals surface area (Å²) in [4.78, 5) is 12.1.